The molecule has 0 bridgehead atoms. The molecule has 2 aliphatic heterocycles. The molecule has 3 N–H and O–H groups in total. The highest BCUT2D eigenvalue weighted by atomic mass is 31.2. The predicted molar refractivity (Wildman–Crippen MR) is 89.4 cm³/mol. The summed E-state index contributed by atoms with van der Waals surface area (Å²) in [4.78, 5) is 33.7. The number of aromatic nitrogens is 4. The van der Waals surface area contributed by atoms with E-state index in [0.29, 0.717) is 24.0 Å². The van der Waals surface area contributed by atoms with Gasteiger partial charge in [-0.05, 0) is 6.42 Å². The maximum Gasteiger partial charge on any atom is 0.472 e. The lowest BCUT2D eigenvalue weighted by Gasteiger charge is -2.27. The van der Waals surface area contributed by atoms with E-state index in [1.807, 2.05) is 6.92 Å². The van der Waals surface area contributed by atoms with Crippen molar-refractivity contribution in [3.8, 4) is 0 Å². The minimum Gasteiger partial charge on any atom is -0.386 e. The van der Waals surface area contributed by atoms with Crippen molar-refractivity contribution >= 4 is 30.7 Å². The van der Waals surface area contributed by atoms with Crippen LogP contribution in [0.1, 0.15) is 26.0 Å². The zero-order chi connectivity index (χ0) is 19.2. The van der Waals surface area contributed by atoms with Crippen LogP contribution in [0.15, 0.2) is 12.7 Å². The molecule has 5 unspecified atom stereocenters. The van der Waals surface area contributed by atoms with Crippen LogP contribution >= 0.6 is 7.82 Å². The van der Waals surface area contributed by atoms with E-state index in [-0.39, 0.29) is 18.3 Å². The van der Waals surface area contributed by atoms with Crippen LogP contribution in [-0.4, -0.2) is 60.3 Å². The number of aliphatic hydroxyl groups excluding tert-OH is 1. The number of hydrogen-bond acceptors (Lipinski definition) is 9. The van der Waals surface area contributed by atoms with E-state index in [2.05, 4.69) is 20.3 Å². The van der Waals surface area contributed by atoms with Crippen molar-refractivity contribution in [2.45, 2.75) is 44.3 Å². The highest BCUT2D eigenvalue weighted by molar-refractivity contribution is 7.47. The van der Waals surface area contributed by atoms with Crippen molar-refractivity contribution in [2.24, 2.45) is 0 Å². The second-order valence-corrected chi connectivity index (χ2v) is 7.64. The molecule has 4 heterocycles. The molecule has 13 heteroatoms. The van der Waals surface area contributed by atoms with E-state index in [4.69, 9.17) is 13.8 Å². The monoisotopic (exact) mass is 399 g/mol. The van der Waals surface area contributed by atoms with Gasteiger partial charge in [0.2, 0.25) is 5.91 Å². The molecule has 27 heavy (non-hydrogen) atoms. The minimum absolute atomic E-state index is 0.189. The Morgan fingerprint density at radius 1 is 1.44 bits per heavy atom. The second kappa shape index (κ2) is 6.89. The van der Waals surface area contributed by atoms with Gasteiger partial charge in [0.1, 0.15) is 24.6 Å². The van der Waals surface area contributed by atoms with Crippen molar-refractivity contribution in [3.63, 3.8) is 0 Å². The van der Waals surface area contributed by atoms with Gasteiger partial charge in [0, 0.05) is 6.42 Å². The summed E-state index contributed by atoms with van der Waals surface area (Å²) >= 11 is 0. The van der Waals surface area contributed by atoms with Crippen LogP contribution in [0.3, 0.4) is 0 Å². The number of anilines is 1. The number of amides is 1. The fourth-order valence-electron chi connectivity index (χ4n) is 3.12. The van der Waals surface area contributed by atoms with E-state index >= 15 is 0 Å². The second-order valence-electron chi connectivity index (χ2n) is 6.23. The molecule has 2 aromatic rings. The summed E-state index contributed by atoms with van der Waals surface area (Å²) in [7, 11) is -4.21. The van der Waals surface area contributed by atoms with Gasteiger partial charge < -0.3 is 20.1 Å². The molecule has 2 saturated heterocycles. The molecule has 0 saturated carbocycles. The Balaban J connectivity index is 1.63. The van der Waals surface area contributed by atoms with Crippen LogP contribution < -0.4 is 5.32 Å². The number of phosphoric acid groups is 1. The molecule has 12 nitrogen and oxygen atoms in total. The Hall–Kier alpha value is -1.95. The quantitative estimate of drug-likeness (QED) is 0.612. The van der Waals surface area contributed by atoms with Gasteiger partial charge in [0.15, 0.2) is 23.2 Å². The first-order valence-electron chi connectivity index (χ1n) is 8.36. The zero-order valence-electron chi connectivity index (χ0n) is 14.3. The summed E-state index contributed by atoms with van der Waals surface area (Å²) in [6.45, 7) is 1.70. The fourth-order valence-corrected chi connectivity index (χ4v) is 4.08. The number of nitrogens with one attached hydrogen (secondary N) is 1. The van der Waals surface area contributed by atoms with E-state index in [9.17, 15) is 19.4 Å². The highest BCUT2D eigenvalue weighted by Crippen LogP contribution is 2.52. The van der Waals surface area contributed by atoms with Crippen molar-refractivity contribution in [2.75, 3.05) is 11.9 Å². The van der Waals surface area contributed by atoms with Gasteiger partial charge in [-0.15, -0.1) is 0 Å². The first kappa shape index (κ1) is 18.4. The number of rotatable bonds is 4. The van der Waals surface area contributed by atoms with E-state index in [0.717, 1.165) is 0 Å². The number of phosphoric ester groups is 1. The molecule has 0 aliphatic carbocycles. The predicted octanol–water partition coefficient (Wildman–Crippen LogP) is 0.339. The summed E-state index contributed by atoms with van der Waals surface area (Å²) in [5, 5.41) is 13.2. The Labute approximate surface area is 153 Å². The van der Waals surface area contributed by atoms with Crippen molar-refractivity contribution in [1.29, 1.82) is 0 Å². The molecule has 0 spiro atoms. The molecule has 0 radical (unpaired) electrons. The van der Waals surface area contributed by atoms with Crippen molar-refractivity contribution in [3.05, 3.63) is 12.7 Å². The normalized spacial score (nSPS) is 33.1. The molecule has 2 aliphatic rings. The average molecular weight is 399 g/mol. The number of nitrogens with zero attached hydrogens (tertiary/aromatic N) is 4. The topological polar surface area (TPSA) is 158 Å². The summed E-state index contributed by atoms with van der Waals surface area (Å²) in [5.74, 6) is 0.0565. The molecule has 1 amide bonds. The highest BCUT2D eigenvalue weighted by Gasteiger charge is 2.52. The van der Waals surface area contributed by atoms with E-state index < -0.39 is 32.4 Å². The Kier molecular flexibility index (Phi) is 4.70. The number of aliphatic hydroxyl groups is 1. The number of carbonyl (C=O) groups excluding carboxylic acids is 1. The summed E-state index contributed by atoms with van der Waals surface area (Å²) in [6.07, 6.45) is -0.262. The van der Waals surface area contributed by atoms with Crippen molar-refractivity contribution < 1.29 is 33.1 Å². The van der Waals surface area contributed by atoms with Gasteiger partial charge in [-0.3, -0.25) is 18.4 Å². The first-order valence-corrected chi connectivity index (χ1v) is 9.86. The Bertz CT molecular complexity index is 920. The summed E-state index contributed by atoms with van der Waals surface area (Å²) < 4.78 is 28.4. The smallest absolute Gasteiger partial charge is 0.386 e. The van der Waals surface area contributed by atoms with Gasteiger partial charge >= 0.3 is 7.82 Å². The molecule has 4 rings (SSSR count). The van der Waals surface area contributed by atoms with Gasteiger partial charge in [0.05, 0.1) is 12.9 Å². The van der Waals surface area contributed by atoms with Crippen LogP contribution in [0.4, 0.5) is 5.82 Å². The lowest BCUT2D eigenvalue weighted by atomic mass is 10.1. The molecular weight excluding hydrogens is 381 g/mol. The lowest BCUT2D eigenvalue weighted by Crippen LogP contribution is -2.39. The molecular formula is C14H18N5O7P. The molecule has 2 fully saturated rings. The molecule has 5 atom stereocenters. The summed E-state index contributed by atoms with van der Waals surface area (Å²) in [6, 6.07) is 0. The van der Waals surface area contributed by atoms with Gasteiger partial charge in [-0.1, -0.05) is 6.92 Å². The number of ether oxygens (including phenoxy) is 1. The third-order valence-corrected chi connectivity index (χ3v) is 5.32. The number of imidazole rings is 1. The standard InChI is InChI=1S/C14H18N5O7P/c1-2-3-8(20)18-12-9-13(16-5-15-12)19(6-17-9)14-10(21)11-7(25-14)4-24-27(22,23)26-11/h5-7,10-11,14,21H,2-4H2,1H3,(H,22,23)(H,15,16,18,20). The maximum atomic E-state index is 11.9. The molecule has 146 valence electrons. The Morgan fingerprint density at radius 3 is 3.04 bits per heavy atom. The SMILES string of the molecule is CCCC(=O)Nc1ncnc2c1ncn2C1OC2COP(=O)(O)OC2C1O. The third-order valence-electron chi connectivity index (χ3n) is 4.33. The number of carbonyl (C=O) groups is 1. The number of fused-ring (bicyclic) bond motifs is 2. The van der Waals surface area contributed by atoms with Crippen LogP contribution in [-0.2, 0) is 23.1 Å². The first-order chi connectivity index (χ1) is 12.9. The fraction of sp³-hybridized carbons (Fsp3) is 0.571. The number of hydrogen-bond donors (Lipinski definition) is 3. The third kappa shape index (κ3) is 3.35. The van der Waals surface area contributed by atoms with E-state index in [1.54, 1.807) is 0 Å². The van der Waals surface area contributed by atoms with E-state index in [1.165, 1.54) is 17.2 Å². The van der Waals surface area contributed by atoms with Gasteiger partial charge in [-0.25, -0.2) is 19.5 Å². The molecule has 0 aromatic carbocycles. The van der Waals surface area contributed by atoms with Gasteiger partial charge in [0.25, 0.3) is 0 Å². The molecule has 2 aromatic heterocycles. The van der Waals surface area contributed by atoms with Crippen LogP contribution in [0.25, 0.3) is 11.2 Å². The average Bonchev–Trinajstić information content (AvgIpc) is 3.17. The lowest BCUT2D eigenvalue weighted by molar-refractivity contribution is -0.116. The maximum absolute atomic E-state index is 11.9. The van der Waals surface area contributed by atoms with Crippen LogP contribution in [0, 0.1) is 0 Å². The summed E-state index contributed by atoms with van der Waals surface area (Å²) in [5.41, 5.74) is 0.658. The van der Waals surface area contributed by atoms with Gasteiger partial charge in [-0.2, -0.15) is 0 Å². The van der Waals surface area contributed by atoms with Crippen LogP contribution in [0.5, 0.6) is 0 Å². The zero-order valence-corrected chi connectivity index (χ0v) is 15.2. The van der Waals surface area contributed by atoms with Crippen molar-refractivity contribution in [1.82, 2.24) is 19.5 Å². The Morgan fingerprint density at radius 2 is 2.26 bits per heavy atom. The largest absolute Gasteiger partial charge is 0.472 e. The minimum atomic E-state index is -4.21. The van der Waals surface area contributed by atoms with Crippen LogP contribution in [0.2, 0.25) is 0 Å².